The average molecular weight is 336 g/mol. The van der Waals surface area contributed by atoms with E-state index >= 15 is 0 Å². The fourth-order valence-corrected chi connectivity index (χ4v) is 2.52. The van der Waals surface area contributed by atoms with Gasteiger partial charge in [0.1, 0.15) is 17.5 Å². The number of nitrogens with one attached hydrogen (secondary N) is 1. The standard InChI is InChI=1S/C16H20N2O6/c1-9(16(21)22)17-15(20)10-6-14(19)18(8-10)12-5-4-11(23-2)7-13(12)24-3/h4-5,7,9-10H,6,8H2,1-3H3,(H,17,20)(H,21,22). The van der Waals surface area contributed by atoms with E-state index in [1.165, 1.54) is 26.0 Å². The molecule has 0 bridgehead atoms. The summed E-state index contributed by atoms with van der Waals surface area (Å²) in [6, 6.07) is 4.04. The van der Waals surface area contributed by atoms with Crippen LogP contribution < -0.4 is 19.7 Å². The van der Waals surface area contributed by atoms with Crippen molar-refractivity contribution in [3.8, 4) is 11.5 Å². The fourth-order valence-electron chi connectivity index (χ4n) is 2.52. The van der Waals surface area contributed by atoms with Crippen LogP contribution in [-0.4, -0.2) is 49.7 Å². The molecule has 130 valence electrons. The number of aliphatic carboxylic acids is 1. The molecule has 1 aliphatic rings. The summed E-state index contributed by atoms with van der Waals surface area (Å²) in [6.07, 6.45) is 0.0212. The Morgan fingerprint density at radius 3 is 2.62 bits per heavy atom. The van der Waals surface area contributed by atoms with E-state index in [1.807, 2.05) is 0 Å². The molecular formula is C16H20N2O6. The SMILES string of the molecule is COc1ccc(N2CC(C(=O)NC(C)C(=O)O)CC2=O)c(OC)c1. The largest absolute Gasteiger partial charge is 0.497 e. The molecule has 1 saturated heterocycles. The van der Waals surface area contributed by atoms with Gasteiger partial charge in [0.05, 0.1) is 25.8 Å². The molecule has 2 unspecified atom stereocenters. The Morgan fingerprint density at radius 1 is 1.33 bits per heavy atom. The molecule has 8 nitrogen and oxygen atoms in total. The zero-order valence-electron chi connectivity index (χ0n) is 13.7. The molecule has 2 atom stereocenters. The van der Waals surface area contributed by atoms with Crippen LogP contribution in [0.2, 0.25) is 0 Å². The Bertz CT molecular complexity index is 660. The zero-order valence-corrected chi connectivity index (χ0v) is 13.7. The van der Waals surface area contributed by atoms with Crippen LogP contribution in [0.15, 0.2) is 18.2 Å². The zero-order chi connectivity index (χ0) is 17.9. The number of nitrogens with zero attached hydrogens (tertiary/aromatic N) is 1. The lowest BCUT2D eigenvalue weighted by Crippen LogP contribution is -2.42. The number of carbonyl (C=O) groups is 3. The molecule has 2 amide bonds. The van der Waals surface area contributed by atoms with Crippen LogP contribution in [0, 0.1) is 5.92 Å². The fraction of sp³-hybridized carbons (Fsp3) is 0.438. The molecule has 0 aliphatic carbocycles. The van der Waals surface area contributed by atoms with Gasteiger partial charge in [-0.25, -0.2) is 0 Å². The first-order valence-electron chi connectivity index (χ1n) is 7.43. The van der Waals surface area contributed by atoms with Crippen molar-refractivity contribution in [1.82, 2.24) is 5.32 Å². The highest BCUT2D eigenvalue weighted by atomic mass is 16.5. The number of ether oxygens (including phenoxy) is 2. The van der Waals surface area contributed by atoms with Gasteiger partial charge >= 0.3 is 5.97 Å². The molecule has 1 aromatic rings. The van der Waals surface area contributed by atoms with Gasteiger partial charge in [-0.15, -0.1) is 0 Å². The van der Waals surface area contributed by atoms with E-state index in [2.05, 4.69) is 5.32 Å². The molecule has 0 saturated carbocycles. The maximum atomic E-state index is 12.3. The van der Waals surface area contributed by atoms with Gasteiger partial charge in [0.15, 0.2) is 0 Å². The van der Waals surface area contributed by atoms with Gasteiger partial charge in [0.25, 0.3) is 0 Å². The third-order valence-electron chi connectivity index (χ3n) is 3.90. The Hall–Kier alpha value is -2.77. The molecule has 1 aliphatic heterocycles. The first-order valence-corrected chi connectivity index (χ1v) is 7.43. The van der Waals surface area contributed by atoms with E-state index < -0.39 is 23.8 Å². The highest BCUT2D eigenvalue weighted by Crippen LogP contribution is 2.35. The van der Waals surface area contributed by atoms with E-state index in [9.17, 15) is 14.4 Å². The molecule has 1 fully saturated rings. The summed E-state index contributed by atoms with van der Waals surface area (Å²) in [6.45, 7) is 1.54. The number of amides is 2. The van der Waals surface area contributed by atoms with Crippen molar-refractivity contribution in [2.75, 3.05) is 25.7 Å². The van der Waals surface area contributed by atoms with Crippen molar-refractivity contribution in [2.24, 2.45) is 5.92 Å². The lowest BCUT2D eigenvalue weighted by atomic mass is 10.1. The minimum absolute atomic E-state index is 0.0212. The number of hydrogen-bond donors (Lipinski definition) is 2. The predicted octanol–water partition coefficient (Wildman–Crippen LogP) is 0.646. The van der Waals surface area contributed by atoms with Crippen molar-refractivity contribution in [1.29, 1.82) is 0 Å². The van der Waals surface area contributed by atoms with Gasteiger partial charge in [-0.2, -0.15) is 0 Å². The summed E-state index contributed by atoms with van der Waals surface area (Å²) < 4.78 is 10.4. The lowest BCUT2D eigenvalue weighted by Gasteiger charge is -2.20. The number of benzene rings is 1. The van der Waals surface area contributed by atoms with Crippen LogP contribution in [0.3, 0.4) is 0 Å². The summed E-state index contributed by atoms with van der Waals surface area (Å²) in [5, 5.41) is 11.2. The topological polar surface area (TPSA) is 105 Å². The van der Waals surface area contributed by atoms with Crippen LogP contribution in [0.5, 0.6) is 11.5 Å². The van der Waals surface area contributed by atoms with E-state index in [0.717, 1.165) is 0 Å². The average Bonchev–Trinajstić information content (AvgIpc) is 2.95. The van der Waals surface area contributed by atoms with Crippen LogP contribution in [0.1, 0.15) is 13.3 Å². The van der Waals surface area contributed by atoms with Gasteiger partial charge in [0, 0.05) is 19.0 Å². The first-order chi connectivity index (χ1) is 11.4. The summed E-state index contributed by atoms with van der Waals surface area (Å²) in [5.41, 5.74) is 0.546. The highest BCUT2D eigenvalue weighted by Gasteiger charge is 2.37. The second-order valence-corrected chi connectivity index (χ2v) is 5.51. The van der Waals surface area contributed by atoms with Crippen LogP contribution >= 0.6 is 0 Å². The van der Waals surface area contributed by atoms with Gasteiger partial charge in [-0.1, -0.05) is 0 Å². The number of anilines is 1. The van der Waals surface area contributed by atoms with E-state index in [-0.39, 0.29) is 18.9 Å². The molecule has 8 heteroatoms. The van der Waals surface area contributed by atoms with E-state index in [0.29, 0.717) is 17.2 Å². The van der Waals surface area contributed by atoms with Gasteiger partial charge < -0.3 is 24.8 Å². The summed E-state index contributed by atoms with van der Waals surface area (Å²) in [4.78, 5) is 36.7. The third-order valence-corrected chi connectivity index (χ3v) is 3.90. The Labute approximate surface area is 139 Å². The number of carboxylic acid groups (broad SMARTS) is 1. The molecular weight excluding hydrogens is 316 g/mol. The third kappa shape index (κ3) is 3.58. The molecule has 0 aromatic heterocycles. The normalized spacial score (nSPS) is 18.2. The number of carboxylic acids is 1. The van der Waals surface area contributed by atoms with Crippen molar-refractivity contribution in [3.63, 3.8) is 0 Å². The molecule has 0 radical (unpaired) electrons. The second-order valence-electron chi connectivity index (χ2n) is 5.51. The second kappa shape index (κ2) is 7.20. The molecule has 24 heavy (non-hydrogen) atoms. The monoisotopic (exact) mass is 336 g/mol. The molecule has 2 N–H and O–H groups in total. The van der Waals surface area contributed by atoms with E-state index in [1.54, 1.807) is 18.2 Å². The summed E-state index contributed by atoms with van der Waals surface area (Å²) in [7, 11) is 3.01. The van der Waals surface area contributed by atoms with Crippen molar-refractivity contribution < 1.29 is 29.0 Å². The number of hydrogen-bond acceptors (Lipinski definition) is 5. The maximum absolute atomic E-state index is 12.3. The molecule has 1 heterocycles. The smallest absolute Gasteiger partial charge is 0.325 e. The van der Waals surface area contributed by atoms with Crippen molar-refractivity contribution >= 4 is 23.5 Å². The predicted molar refractivity (Wildman–Crippen MR) is 85.2 cm³/mol. The number of carbonyl (C=O) groups excluding carboxylic acids is 2. The van der Waals surface area contributed by atoms with E-state index in [4.69, 9.17) is 14.6 Å². The Balaban J connectivity index is 2.15. The van der Waals surface area contributed by atoms with Crippen LogP contribution in [0.4, 0.5) is 5.69 Å². The Kier molecular flexibility index (Phi) is 5.28. The van der Waals surface area contributed by atoms with Crippen molar-refractivity contribution in [2.45, 2.75) is 19.4 Å². The van der Waals surface area contributed by atoms with Crippen LogP contribution in [-0.2, 0) is 14.4 Å². The first kappa shape index (κ1) is 17.6. The van der Waals surface area contributed by atoms with Crippen molar-refractivity contribution in [3.05, 3.63) is 18.2 Å². The number of rotatable bonds is 6. The molecule has 0 spiro atoms. The minimum atomic E-state index is -1.12. The Morgan fingerprint density at radius 2 is 2.04 bits per heavy atom. The highest BCUT2D eigenvalue weighted by molar-refractivity contribution is 6.01. The van der Waals surface area contributed by atoms with Gasteiger partial charge in [-0.3, -0.25) is 14.4 Å². The lowest BCUT2D eigenvalue weighted by molar-refractivity contribution is -0.141. The molecule has 2 rings (SSSR count). The minimum Gasteiger partial charge on any atom is -0.497 e. The maximum Gasteiger partial charge on any atom is 0.325 e. The van der Waals surface area contributed by atoms with Crippen LogP contribution in [0.25, 0.3) is 0 Å². The van der Waals surface area contributed by atoms with Gasteiger partial charge in [-0.05, 0) is 19.1 Å². The number of methoxy groups -OCH3 is 2. The molecule has 1 aromatic carbocycles. The van der Waals surface area contributed by atoms with Gasteiger partial charge in [0.2, 0.25) is 11.8 Å². The summed E-state index contributed by atoms with van der Waals surface area (Å²) >= 11 is 0. The quantitative estimate of drug-likeness (QED) is 0.790. The summed E-state index contributed by atoms with van der Waals surface area (Å²) in [5.74, 6) is -1.35.